The number of aliphatic hydroxyl groups is 1. The molecule has 1 aromatic carbocycles. The van der Waals surface area contributed by atoms with Gasteiger partial charge < -0.3 is 10.1 Å². The highest BCUT2D eigenvalue weighted by Crippen LogP contribution is 2.34. The fourth-order valence-corrected chi connectivity index (χ4v) is 1.74. The second kappa shape index (κ2) is 3.95. The summed E-state index contributed by atoms with van der Waals surface area (Å²) in [5, 5.41) is 4.12. The van der Waals surface area contributed by atoms with Crippen LogP contribution in [0.25, 0.3) is 11.0 Å². The average Bonchev–Trinajstić information content (AvgIpc) is 2.70. The van der Waals surface area contributed by atoms with Gasteiger partial charge in [0.15, 0.2) is 5.82 Å². The Balaban J connectivity index is 2.61. The second-order valence-corrected chi connectivity index (χ2v) is 4.94. The Bertz CT molecular complexity index is 696. The zero-order valence-corrected chi connectivity index (χ0v) is 9.51. The molecule has 0 radical (unpaired) electrons. The van der Waals surface area contributed by atoms with Gasteiger partial charge in [0.25, 0.3) is 0 Å². The average molecular weight is 280 g/mol. The van der Waals surface area contributed by atoms with E-state index in [1.165, 1.54) is 18.2 Å². The van der Waals surface area contributed by atoms with Crippen molar-refractivity contribution in [3.63, 3.8) is 0 Å². The number of nitrogens with zero attached hydrogens (tertiary/aromatic N) is 1. The number of alkyl halides is 2. The number of aromatic nitrogens is 2. The smallest absolute Gasteiger partial charge is 0.392 e. The minimum absolute atomic E-state index is 0.0468. The van der Waals surface area contributed by atoms with Crippen molar-refractivity contribution in [2.75, 3.05) is 0 Å². The fraction of sp³-hybridized carbons (Fsp3) is 0.222. The van der Waals surface area contributed by atoms with E-state index in [1.54, 1.807) is 0 Å². The standard InChI is InChI=1S/C9H7F3N2O3S/c10-9(11,18(12,16)17)8-13-6-2-1-5(4-15)3-7(6)14-8/h1-3,15H,4H2,(H,13,14). The van der Waals surface area contributed by atoms with Gasteiger partial charge in [0.05, 0.1) is 17.6 Å². The lowest BCUT2D eigenvalue weighted by Crippen LogP contribution is -2.23. The molecule has 0 saturated heterocycles. The summed E-state index contributed by atoms with van der Waals surface area (Å²) in [6.45, 7) is -0.317. The molecule has 0 amide bonds. The molecule has 9 heteroatoms. The van der Waals surface area contributed by atoms with Crippen LogP contribution in [0.15, 0.2) is 18.2 Å². The molecule has 5 nitrogen and oxygen atoms in total. The number of aliphatic hydroxyl groups excluding tert-OH is 1. The summed E-state index contributed by atoms with van der Waals surface area (Å²) < 4.78 is 59.5. The summed E-state index contributed by atoms with van der Waals surface area (Å²) in [6, 6.07) is 4.05. The molecule has 18 heavy (non-hydrogen) atoms. The molecule has 0 unspecified atom stereocenters. The molecule has 1 heterocycles. The predicted molar refractivity (Wildman–Crippen MR) is 55.9 cm³/mol. The van der Waals surface area contributed by atoms with Crippen LogP contribution in [0.4, 0.5) is 12.7 Å². The highest BCUT2D eigenvalue weighted by Gasteiger charge is 2.50. The van der Waals surface area contributed by atoms with Crippen molar-refractivity contribution in [3.05, 3.63) is 29.6 Å². The van der Waals surface area contributed by atoms with Crippen LogP contribution in [-0.4, -0.2) is 23.5 Å². The van der Waals surface area contributed by atoms with Gasteiger partial charge in [0.2, 0.25) is 0 Å². The van der Waals surface area contributed by atoms with Crippen LogP contribution in [0.2, 0.25) is 0 Å². The quantitative estimate of drug-likeness (QED) is 0.832. The predicted octanol–water partition coefficient (Wildman–Crippen LogP) is 1.40. The summed E-state index contributed by atoms with van der Waals surface area (Å²) in [6.07, 6.45) is 0. The largest absolute Gasteiger partial charge is 0.430 e. The summed E-state index contributed by atoms with van der Waals surface area (Å²) in [4.78, 5) is 5.35. The maximum Gasteiger partial charge on any atom is 0.430 e. The third-order valence-electron chi connectivity index (χ3n) is 2.31. The Morgan fingerprint density at radius 2 is 2.06 bits per heavy atom. The summed E-state index contributed by atoms with van der Waals surface area (Å²) in [5.74, 6) is -1.30. The molecule has 0 aliphatic heterocycles. The number of imidazole rings is 1. The number of benzene rings is 1. The van der Waals surface area contributed by atoms with Gasteiger partial charge in [-0.05, 0) is 17.7 Å². The van der Waals surface area contributed by atoms with E-state index in [9.17, 15) is 21.1 Å². The fourth-order valence-electron chi connectivity index (χ4n) is 1.41. The number of hydrogen-bond donors (Lipinski definition) is 2. The van der Waals surface area contributed by atoms with Crippen LogP contribution in [0.5, 0.6) is 0 Å². The third kappa shape index (κ3) is 1.95. The van der Waals surface area contributed by atoms with Gasteiger partial charge >= 0.3 is 15.5 Å². The van der Waals surface area contributed by atoms with E-state index < -0.39 is 21.3 Å². The van der Waals surface area contributed by atoms with Crippen molar-refractivity contribution in [1.29, 1.82) is 0 Å². The minimum Gasteiger partial charge on any atom is -0.392 e. The molecular formula is C9H7F3N2O3S. The third-order valence-corrected chi connectivity index (χ3v) is 3.12. The monoisotopic (exact) mass is 280 g/mol. The number of rotatable bonds is 3. The molecule has 0 saturated carbocycles. The highest BCUT2D eigenvalue weighted by molar-refractivity contribution is 7.87. The van der Waals surface area contributed by atoms with E-state index in [-0.39, 0.29) is 17.6 Å². The minimum atomic E-state index is -6.10. The van der Waals surface area contributed by atoms with Crippen molar-refractivity contribution in [2.45, 2.75) is 11.9 Å². The SMILES string of the molecule is O=S(=O)(F)C(F)(F)c1nc2ccc(CO)cc2[nH]1. The first-order valence-electron chi connectivity index (χ1n) is 4.67. The van der Waals surface area contributed by atoms with Crippen LogP contribution >= 0.6 is 0 Å². The number of halogens is 3. The van der Waals surface area contributed by atoms with Gasteiger partial charge in [-0.1, -0.05) is 9.95 Å². The first-order valence-corrected chi connectivity index (χ1v) is 6.06. The number of aromatic amines is 1. The van der Waals surface area contributed by atoms with Crippen molar-refractivity contribution in [3.8, 4) is 0 Å². The normalized spacial score (nSPS) is 13.1. The van der Waals surface area contributed by atoms with Crippen molar-refractivity contribution >= 4 is 21.3 Å². The van der Waals surface area contributed by atoms with Crippen LogP contribution in [-0.2, 0) is 22.1 Å². The first kappa shape index (κ1) is 12.8. The first-order chi connectivity index (χ1) is 8.25. The molecule has 2 aromatic rings. The lowest BCUT2D eigenvalue weighted by Gasteiger charge is -2.06. The number of hydrogen-bond acceptors (Lipinski definition) is 4. The van der Waals surface area contributed by atoms with Gasteiger partial charge in [0.1, 0.15) is 0 Å². The van der Waals surface area contributed by atoms with Crippen molar-refractivity contribution < 1.29 is 26.2 Å². The van der Waals surface area contributed by atoms with E-state index in [2.05, 4.69) is 4.98 Å². The second-order valence-electron chi connectivity index (χ2n) is 3.55. The van der Waals surface area contributed by atoms with E-state index in [0.29, 0.717) is 5.56 Å². The lowest BCUT2D eigenvalue weighted by molar-refractivity contribution is 0.0755. The van der Waals surface area contributed by atoms with Crippen molar-refractivity contribution in [1.82, 2.24) is 9.97 Å². The molecule has 1 aromatic heterocycles. The maximum atomic E-state index is 13.2. The lowest BCUT2D eigenvalue weighted by atomic mass is 10.2. The number of fused-ring (bicyclic) bond motifs is 1. The highest BCUT2D eigenvalue weighted by atomic mass is 32.3. The van der Waals surface area contributed by atoms with Crippen LogP contribution < -0.4 is 0 Å². The molecule has 0 bridgehead atoms. The Kier molecular flexibility index (Phi) is 2.82. The molecule has 0 atom stereocenters. The topological polar surface area (TPSA) is 83.1 Å². The van der Waals surface area contributed by atoms with Crippen molar-refractivity contribution in [2.24, 2.45) is 0 Å². The molecule has 2 rings (SSSR count). The zero-order valence-electron chi connectivity index (χ0n) is 8.69. The van der Waals surface area contributed by atoms with Gasteiger partial charge in [-0.15, -0.1) is 0 Å². The van der Waals surface area contributed by atoms with Gasteiger partial charge in [-0.3, -0.25) is 0 Å². The number of H-pyrrole nitrogens is 1. The van der Waals surface area contributed by atoms with E-state index in [1.807, 2.05) is 4.98 Å². The molecule has 0 fully saturated rings. The number of nitrogens with one attached hydrogen (secondary N) is 1. The Hall–Kier alpha value is -1.61. The van der Waals surface area contributed by atoms with Gasteiger partial charge in [-0.2, -0.15) is 17.2 Å². The molecular weight excluding hydrogens is 273 g/mol. The Morgan fingerprint density at radius 1 is 1.39 bits per heavy atom. The van der Waals surface area contributed by atoms with Gasteiger partial charge in [0, 0.05) is 0 Å². The summed E-state index contributed by atoms with van der Waals surface area (Å²) in [5.41, 5.74) is 0.550. The van der Waals surface area contributed by atoms with Crippen LogP contribution in [0, 0.1) is 0 Å². The van der Waals surface area contributed by atoms with Crippen LogP contribution in [0.3, 0.4) is 0 Å². The molecule has 2 N–H and O–H groups in total. The van der Waals surface area contributed by atoms with E-state index in [0.717, 1.165) is 0 Å². The molecule has 0 aliphatic carbocycles. The Labute approximate surface area is 99.5 Å². The van der Waals surface area contributed by atoms with Crippen LogP contribution in [0.1, 0.15) is 11.4 Å². The molecule has 0 spiro atoms. The molecule has 0 aliphatic rings. The molecule has 98 valence electrons. The van der Waals surface area contributed by atoms with E-state index >= 15 is 0 Å². The van der Waals surface area contributed by atoms with Gasteiger partial charge in [-0.25, -0.2) is 4.98 Å². The zero-order chi connectivity index (χ0) is 13.6. The summed E-state index contributed by atoms with van der Waals surface area (Å²) >= 11 is 0. The maximum absolute atomic E-state index is 13.2. The van der Waals surface area contributed by atoms with E-state index in [4.69, 9.17) is 5.11 Å². The summed E-state index contributed by atoms with van der Waals surface area (Å²) in [7, 11) is -6.10. The Morgan fingerprint density at radius 3 is 2.61 bits per heavy atom.